The van der Waals surface area contributed by atoms with Crippen LogP contribution in [0.25, 0.3) is 0 Å². The number of rotatable bonds is 4. The molecule has 0 aliphatic heterocycles. The van der Waals surface area contributed by atoms with E-state index in [9.17, 15) is 9.18 Å². The third kappa shape index (κ3) is 3.09. The Kier molecular flexibility index (Phi) is 3.98. The fourth-order valence-corrected chi connectivity index (χ4v) is 1.68. The summed E-state index contributed by atoms with van der Waals surface area (Å²) in [4.78, 5) is 11.0. The predicted octanol–water partition coefficient (Wildman–Crippen LogP) is 3.14. The number of carboxylic acid groups (broad SMARTS) is 1. The van der Waals surface area contributed by atoms with Crippen LogP contribution in [-0.4, -0.2) is 18.2 Å². The fraction of sp³-hybridized carbons (Fsp3) is 0.417. The molecule has 17 heavy (non-hydrogen) atoms. The van der Waals surface area contributed by atoms with Gasteiger partial charge in [-0.2, -0.15) is 0 Å². The van der Waals surface area contributed by atoms with E-state index < -0.39 is 17.2 Å². The van der Waals surface area contributed by atoms with Gasteiger partial charge in [0.15, 0.2) is 11.6 Å². The standard InChI is InChI=1S/C12H14ClFO3/c1-12(2,11(15)16)6-7-4-8(13)5-9(17-3)10(7)14/h4-5H,6H2,1-3H3,(H,15,16). The molecule has 0 fully saturated rings. The van der Waals surface area contributed by atoms with E-state index in [4.69, 9.17) is 21.4 Å². The third-order valence-electron chi connectivity index (χ3n) is 2.51. The summed E-state index contributed by atoms with van der Waals surface area (Å²) in [6, 6.07) is 2.78. The molecule has 1 aromatic rings. The van der Waals surface area contributed by atoms with Gasteiger partial charge >= 0.3 is 5.97 Å². The lowest BCUT2D eigenvalue weighted by atomic mass is 9.85. The van der Waals surface area contributed by atoms with Crippen LogP contribution in [0.5, 0.6) is 5.75 Å². The van der Waals surface area contributed by atoms with Crippen molar-refractivity contribution >= 4 is 17.6 Å². The lowest BCUT2D eigenvalue weighted by Gasteiger charge is -2.20. The van der Waals surface area contributed by atoms with Crippen molar-refractivity contribution in [2.24, 2.45) is 5.41 Å². The minimum atomic E-state index is -1.06. The molecule has 0 amide bonds. The molecule has 0 bridgehead atoms. The normalized spacial score (nSPS) is 11.4. The Morgan fingerprint density at radius 1 is 1.53 bits per heavy atom. The summed E-state index contributed by atoms with van der Waals surface area (Å²) in [7, 11) is 1.33. The molecule has 1 rings (SSSR count). The van der Waals surface area contributed by atoms with Crippen molar-refractivity contribution in [3.8, 4) is 5.75 Å². The van der Waals surface area contributed by atoms with Gasteiger partial charge in [0.2, 0.25) is 0 Å². The van der Waals surface area contributed by atoms with Crippen molar-refractivity contribution in [3.63, 3.8) is 0 Å². The quantitative estimate of drug-likeness (QED) is 0.905. The highest BCUT2D eigenvalue weighted by atomic mass is 35.5. The Bertz CT molecular complexity index is 444. The molecule has 0 radical (unpaired) electrons. The average molecular weight is 261 g/mol. The van der Waals surface area contributed by atoms with Gasteiger partial charge in [0, 0.05) is 11.1 Å². The minimum absolute atomic E-state index is 0.0219. The van der Waals surface area contributed by atoms with Gasteiger partial charge in [-0.1, -0.05) is 11.6 Å². The van der Waals surface area contributed by atoms with Crippen LogP contribution < -0.4 is 4.74 Å². The Balaban J connectivity index is 3.15. The molecule has 0 heterocycles. The van der Waals surface area contributed by atoms with Crippen molar-refractivity contribution in [1.82, 2.24) is 0 Å². The van der Waals surface area contributed by atoms with Gasteiger partial charge in [-0.15, -0.1) is 0 Å². The van der Waals surface area contributed by atoms with Crippen LogP contribution in [0.4, 0.5) is 4.39 Å². The number of hydrogen-bond donors (Lipinski definition) is 1. The average Bonchev–Trinajstić information content (AvgIpc) is 2.22. The fourth-order valence-electron chi connectivity index (χ4n) is 1.45. The summed E-state index contributed by atoms with van der Waals surface area (Å²) in [5.41, 5.74) is -0.821. The van der Waals surface area contributed by atoms with Gasteiger partial charge in [0.25, 0.3) is 0 Å². The number of benzene rings is 1. The zero-order chi connectivity index (χ0) is 13.2. The summed E-state index contributed by atoms with van der Waals surface area (Å²) >= 11 is 5.82. The van der Waals surface area contributed by atoms with Crippen LogP contribution in [0.3, 0.4) is 0 Å². The Morgan fingerprint density at radius 3 is 2.59 bits per heavy atom. The van der Waals surface area contributed by atoms with Crippen molar-refractivity contribution in [3.05, 3.63) is 28.5 Å². The predicted molar refractivity (Wildman–Crippen MR) is 63.1 cm³/mol. The molecule has 0 aliphatic carbocycles. The van der Waals surface area contributed by atoms with E-state index >= 15 is 0 Å². The third-order valence-corrected chi connectivity index (χ3v) is 2.73. The van der Waals surface area contributed by atoms with E-state index in [1.165, 1.54) is 33.1 Å². The number of halogens is 2. The molecule has 0 saturated heterocycles. The second kappa shape index (κ2) is 4.92. The smallest absolute Gasteiger partial charge is 0.309 e. The first kappa shape index (κ1) is 13.8. The maximum absolute atomic E-state index is 13.9. The molecule has 0 aromatic heterocycles. The second-order valence-corrected chi connectivity index (χ2v) is 4.88. The first-order valence-corrected chi connectivity index (χ1v) is 5.41. The van der Waals surface area contributed by atoms with Crippen molar-refractivity contribution in [2.45, 2.75) is 20.3 Å². The largest absolute Gasteiger partial charge is 0.494 e. The second-order valence-electron chi connectivity index (χ2n) is 4.45. The molecular weight excluding hydrogens is 247 g/mol. The zero-order valence-electron chi connectivity index (χ0n) is 9.88. The summed E-state index contributed by atoms with van der Waals surface area (Å²) in [5, 5.41) is 9.32. The molecule has 1 N–H and O–H groups in total. The van der Waals surface area contributed by atoms with E-state index in [2.05, 4.69) is 0 Å². The molecule has 0 saturated carbocycles. The molecule has 3 nitrogen and oxygen atoms in total. The van der Waals surface area contributed by atoms with Gasteiger partial charge in [0.05, 0.1) is 12.5 Å². The van der Waals surface area contributed by atoms with E-state index in [1.54, 1.807) is 0 Å². The van der Waals surface area contributed by atoms with Gasteiger partial charge in [0.1, 0.15) is 0 Å². The lowest BCUT2D eigenvalue weighted by Crippen LogP contribution is -2.26. The van der Waals surface area contributed by atoms with Crippen LogP contribution in [-0.2, 0) is 11.2 Å². The van der Waals surface area contributed by atoms with Gasteiger partial charge in [-0.3, -0.25) is 4.79 Å². The molecule has 1 aromatic carbocycles. The highest BCUT2D eigenvalue weighted by molar-refractivity contribution is 6.30. The first-order chi connectivity index (χ1) is 7.77. The molecule has 0 aliphatic rings. The Labute approximate surface area is 104 Å². The van der Waals surface area contributed by atoms with Crippen LogP contribution >= 0.6 is 11.6 Å². The highest BCUT2D eigenvalue weighted by Crippen LogP contribution is 2.30. The number of ether oxygens (including phenoxy) is 1. The van der Waals surface area contributed by atoms with E-state index in [0.717, 1.165) is 0 Å². The first-order valence-electron chi connectivity index (χ1n) is 5.03. The number of methoxy groups -OCH3 is 1. The Morgan fingerprint density at radius 2 is 2.12 bits per heavy atom. The van der Waals surface area contributed by atoms with Crippen molar-refractivity contribution < 1.29 is 19.0 Å². The number of aliphatic carboxylic acids is 1. The van der Waals surface area contributed by atoms with E-state index in [0.29, 0.717) is 5.02 Å². The van der Waals surface area contributed by atoms with Crippen LogP contribution in [0.15, 0.2) is 12.1 Å². The van der Waals surface area contributed by atoms with Gasteiger partial charge in [-0.05, 0) is 31.9 Å². The summed E-state index contributed by atoms with van der Waals surface area (Å²) in [5.74, 6) is -1.53. The Hall–Kier alpha value is -1.29. The monoisotopic (exact) mass is 260 g/mol. The van der Waals surface area contributed by atoms with Crippen molar-refractivity contribution in [2.75, 3.05) is 7.11 Å². The van der Waals surface area contributed by atoms with E-state index in [1.807, 2.05) is 0 Å². The number of carboxylic acids is 1. The number of carbonyl (C=O) groups is 1. The summed E-state index contributed by atoms with van der Waals surface area (Å²) in [6.07, 6.45) is 0.0467. The number of hydrogen-bond acceptors (Lipinski definition) is 2. The molecule has 94 valence electrons. The molecule has 0 atom stereocenters. The van der Waals surface area contributed by atoms with Crippen LogP contribution in [0, 0.1) is 11.2 Å². The topological polar surface area (TPSA) is 46.5 Å². The minimum Gasteiger partial charge on any atom is -0.494 e. The molecule has 0 unspecified atom stereocenters. The zero-order valence-corrected chi connectivity index (χ0v) is 10.6. The maximum atomic E-state index is 13.9. The van der Waals surface area contributed by atoms with Crippen LogP contribution in [0.2, 0.25) is 5.02 Å². The lowest BCUT2D eigenvalue weighted by molar-refractivity contribution is -0.146. The summed E-state index contributed by atoms with van der Waals surface area (Å²) < 4.78 is 18.7. The molecular formula is C12H14ClFO3. The summed E-state index contributed by atoms with van der Waals surface area (Å²) in [6.45, 7) is 3.06. The highest BCUT2D eigenvalue weighted by Gasteiger charge is 2.29. The van der Waals surface area contributed by atoms with E-state index in [-0.39, 0.29) is 17.7 Å². The van der Waals surface area contributed by atoms with Crippen LogP contribution in [0.1, 0.15) is 19.4 Å². The maximum Gasteiger partial charge on any atom is 0.309 e. The van der Waals surface area contributed by atoms with Crippen molar-refractivity contribution in [1.29, 1.82) is 0 Å². The van der Waals surface area contributed by atoms with Gasteiger partial charge in [-0.25, -0.2) is 4.39 Å². The SMILES string of the molecule is COc1cc(Cl)cc(CC(C)(C)C(=O)O)c1F. The molecule has 0 spiro atoms. The van der Waals surface area contributed by atoms with Gasteiger partial charge < -0.3 is 9.84 Å². The molecule has 5 heteroatoms.